The second kappa shape index (κ2) is 6.36. The standard InChI is InChI=1S/C13H24N2O2/c1-2-17-13(16)11-14-7-5-6-12(10-14)15-8-3-4-9-15/h12H,2-11H2,1H3/t12-/m0/s1. The fraction of sp³-hybridized carbons (Fsp3) is 0.923. The number of carbonyl (C=O) groups is 1. The summed E-state index contributed by atoms with van der Waals surface area (Å²) in [5, 5.41) is 0. The molecule has 2 heterocycles. The summed E-state index contributed by atoms with van der Waals surface area (Å²) in [6.07, 6.45) is 5.18. The van der Waals surface area contributed by atoms with E-state index in [4.69, 9.17) is 4.74 Å². The molecule has 98 valence electrons. The first-order valence-corrected chi connectivity index (χ1v) is 6.91. The Labute approximate surface area is 104 Å². The highest BCUT2D eigenvalue weighted by Crippen LogP contribution is 2.20. The van der Waals surface area contributed by atoms with E-state index in [9.17, 15) is 4.79 Å². The Morgan fingerprint density at radius 2 is 2.00 bits per heavy atom. The molecule has 0 spiro atoms. The van der Waals surface area contributed by atoms with E-state index in [1.165, 1.54) is 38.8 Å². The van der Waals surface area contributed by atoms with Gasteiger partial charge in [0, 0.05) is 12.6 Å². The van der Waals surface area contributed by atoms with Crippen molar-refractivity contribution in [2.75, 3.05) is 39.3 Å². The predicted molar refractivity (Wildman–Crippen MR) is 66.9 cm³/mol. The molecule has 0 aliphatic carbocycles. The first kappa shape index (κ1) is 12.8. The molecule has 0 aromatic heterocycles. The van der Waals surface area contributed by atoms with Crippen molar-refractivity contribution in [2.24, 2.45) is 0 Å². The third-order valence-electron chi connectivity index (χ3n) is 3.80. The lowest BCUT2D eigenvalue weighted by Crippen LogP contribution is -2.48. The van der Waals surface area contributed by atoms with Crippen molar-refractivity contribution in [3.63, 3.8) is 0 Å². The van der Waals surface area contributed by atoms with E-state index in [0.29, 0.717) is 19.2 Å². The molecule has 0 radical (unpaired) electrons. The molecule has 2 rings (SSSR count). The summed E-state index contributed by atoms with van der Waals surface area (Å²) in [6, 6.07) is 0.667. The summed E-state index contributed by atoms with van der Waals surface area (Å²) < 4.78 is 5.01. The minimum Gasteiger partial charge on any atom is -0.465 e. The second-order valence-corrected chi connectivity index (χ2v) is 5.08. The van der Waals surface area contributed by atoms with Gasteiger partial charge in [-0.05, 0) is 52.2 Å². The van der Waals surface area contributed by atoms with Crippen LogP contribution < -0.4 is 0 Å². The van der Waals surface area contributed by atoms with Gasteiger partial charge in [0.05, 0.1) is 13.2 Å². The Morgan fingerprint density at radius 1 is 1.24 bits per heavy atom. The monoisotopic (exact) mass is 240 g/mol. The molecular weight excluding hydrogens is 216 g/mol. The number of ether oxygens (including phenoxy) is 1. The molecule has 0 aromatic carbocycles. The highest BCUT2D eigenvalue weighted by Gasteiger charge is 2.27. The SMILES string of the molecule is CCOC(=O)CN1CCC[C@H](N2CCCC2)C1. The van der Waals surface area contributed by atoms with Crippen LogP contribution in [0.15, 0.2) is 0 Å². The molecule has 4 nitrogen and oxygen atoms in total. The zero-order valence-electron chi connectivity index (χ0n) is 10.9. The smallest absolute Gasteiger partial charge is 0.320 e. The van der Waals surface area contributed by atoms with Crippen LogP contribution in [-0.2, 0) is 9.53 Å². The van der Waals surface area contributed by atoms with Crippen LogP contribution in [0.3, 0.4) is 0 Å². The van der Waals surface area contributed by atoms with E-state index in [0.717, 1.165) is 13.1 Å². The summed E-state index contributed by atoms with van der Waals surface area (Å²) in [6.45, 7) is 7.40. The van der Waals surface area contributed by atoms with Crippen molar-refractivity contribution in [3.05, 3.63) is 0 Å². The maximum absolute atomic E-state index is 11.5. The summed E-state index contributed by atoms with van der Waals surface area (Å²) in [5.74, 6) is -0.0745. The number of esters is 1. The van der Waals surface area contributed by atoms with Crippen LogP contribution in [0.5, 0.6) is 0 Å². The molecule has 4 heteroatoms. The normalized spacial score (nSPS) is 27.2. The number of hydrogen-bond acceptors (Lipinski definition) is 4. The fourth-order valence-corrected chi connectivity index (χ4v) is 2.97. The molecule has 0 amide bonds. The first-order valence-electron chi connectivity index (χ1n) is 6.91. The van der Waals surface area contributed by atoms with E-state index in [1.54, 1.807) is 0 Å². The van der Waals surface area contributed by atoms with Crippen LogP contribution in [0, 0.1) is 0 Å². The first-order chi connectivity index (χ1) is 8.29. The quantitative estimate of drug-likeness (QED) is 0.689. The second-order valence-electron chi connectivity index (χ2n) is 5.08. The van der Waals surface area contributed by atoms with Crippen molar-refractivity contribution in [3.8, 4) is 0 Å². The van der Waals surface area contributed by atoms with Crippen molar-refractivity contribution in [1.29, 1.82) is 0 Å². The predicted octanol–water partition coefficient (Wildman–Crippen LogP) is 1.11. The van der Waals surface area contributed by atoms with Crippen LogP contribution in [0.25, 0.3) is 0 Å². The number of carbonyl (C=O) groups excluding carboxylic acids is 1. The number of piperidine rings is 1. The molecule has 0 aromatic rings. The molecular formula is C13H24N2O2. The van der Waals surface area contributed by atoms with Crippen molar-refractivity contribution < 1.29 is 9.53 Å². The number of hydrogen-bond donors (Lipinski definition) is 0. The Morgan fingerprint density at radius 3 is 2.71 bits per heavy atom. The van der Waals surface area contributed by atoms with Gasteiger partial charge in [0.2, 0.25) is 0 Å². The maximum atomic E-state index is 11.5. The van der Waals surface area contributed by atoms with Crippen molar-refractivity contribution in [2.45, 2.75) is 38.6 Å². The Bertz CT molecular complexity index is 252. The zero-order valence-corrected chi connectivity index (χ0v) is 10.9. The Hall–Kier alpha value is -0.610. The summed E-state index contributed by atoms with van der Waals surface area (Å²) in [5.41, 5.74) is 0. The van der Waals surface area contributed by atoms with Crippen molar-refractivity contribution in [1.82, 2.24) is 9.80 Å². The molecule has 0 N–H and O–H groups in total. The molecule has 0 saturated carbocycles. The highest BCUT2D eigenvalue weighted by molar-refractivity contribution is 5.71. The van der Waals surface area contributed by atoms with Gasteiger partial charge in [0.15, 0.2) is 0 Å². The molecule has 0 unspecified atom stereocenters. The van der Waals surface area contributed by atoms with E-state index >= 15 is 0 Å². The van der Waals surface area contributed by atoms with Gasteiger partial charge >= 0.3 is 5.97 Å². The molecule has 17 heavy (non-hydrogen) atoms. The number of rotatable bonds is 4. The molecule has 0 bridgehead atoms. The third kappa shape index (κ3) is 3.68. The molecule has 2 saturated heterocycles. The number of likely N-dealkylation sites (tertiary alicyclic amines) is 2. The van der Waals surface area contributed by atoms with Crippen LogP contribution in [-0.4, -0.2) is 61.1 Å². The minimum atomic E-state index is -0.0745. The van der Waals surface area contributed by atoms with Crippen LogP contribution in [0.2, 0.25) is 0 Å². The molecule has 2 aliphatic heterocycles. The molecule has 2 aliphatic rings. The van der Waals surface area contributed by atoms with Gasteiger partial charge in [-0.3, -0.25) is 14.6 Å². The lowest BCUT2D eigenvalue weighted by molar-refractivity contribution is -0.144. The van der Waals surface area contributed by atoms with E-state index in [-0.39, 0.29) is 5.97 Å². The maximum Gasteiger partial charge on any atom is 0.320 e. The van der Waals surface area contributed by atoms with Gasteiger partial charge in [-0.25, -0.2) is 0 Å². The van der Waals surface area contributed by atoms with Gasteiger partial charge in [0.1, 0.15) is 0 Å². The largest absolute Gasteiger partial charge is 0.465 e. The third-order valence-corrected chi connectivity index (χ3v) is 3.80. The molecule has 1 atom stereocenters. The van der Waals surface area contributed by atoms with Gasteiger partial charge in [-0.2, -0.15) is 0 Å². The van der Waals surface area contributed by atoms with E-state index in [1.807, 2.05) is 6.92 Å². The number of nitrogens with zero attached hydrogens (tertiary/aromatic N) is 2. The topological polar surface area (TPSA) is 32.8 Å². The summed E-state index contributed by atoms with van der Waals surface area (Å²) in [7, 11) is 0. The Balaban J connectivity index is 1.77. The van der Waals surface area contributed by atoms with Crippen LogP contribution in [0.1, 0.15) is 32.6 Å². The highest BCUT2D eigenvalue weighted by atomic mass is 16.5. The average molecular weight is 240 g/mol. The minimum absolute atomic E-state index is 0.0745. The van der Waals surface area contributed by atoms with Gasteiger partial charge in [-0.15, -0.1) is 0 Å². The zero-order chi connectivity index (χ0) is 12.1. The lowest BCUT2D eigenvalue weighted by Gasteiger charge is -2.37. The summed E-state index contributed by atoms with van der Waals surface area (Å²) >= 11 is 0. The van der Waals surface area contributed by atoms with Gasteiger partial charge in [0.25, 0.3) is 0 Å². The van der Waals surface area contributed by atoms with Crippen LogP contribution in [0.4, 0.5) is 0 Å². The van der Waals surface area contributed by atoms with E-state index in [2.05, 4.69) is 9.80 Å². The van der Waals surface area contributed by atoms with Gasteiger partial charge < -0.3 is 4.74 Å². The van der Waals surface area contributed by atoms with Gasteiger partial charge in [-0.1, -0.05) is 0 Å². The summed E-state index contributed by atoms with van der Waals surface area (Å²) in [4.78, 5) is 16.3. The fourth-order valence-electron chi connectivity index (χ4n) is 2.97. The van der Waals surface area contributed by atoms with Crippen LogP contribution >= 0.6 is 0 Å². The van der Waals surface area contributed by atoms with Crippen molar-refractivity contribution >= 4 is 5.97 Å². The lowest BCUT2D eigenvalue weighted by atomic mass is 10.0. The van der Waals surface area contributed by atoms with E-state index < -0.39 is 0 Å². The molecule has 2 fully saturated rings. The Kier molecular flexibility index (Phi) is 4.80. The average Bonchev–Trinajstić information content (AvgIpc) is 2.83.